The molecule has 0 saturated carbocycles. The predicted octanol–water partition coefficient (Wildman–Crippen LogP) is -3.86. The van der Waals surface area contributed by atoms with Gasteiger partial charge >= 0.3 is 33.0 Å². The highest BCUT2D eigenvalue weighted by Crippen LogP contribution is 2.31. The third-order valence-corrected chi connectivity index (χ3v) is 3.88. The third kappa shape index (κ3) is 9.66. The van der Waals surface area contributed by atoms with Gasteiger partial charge in [0.05, 0.1) is 5.41 Å². The Labute approximate surface area is 143 Å². The van der Waals surface area contributed by atoms with Gasteiger partial charge in [0.2, 0.25) is 0 Å². The second-order valence-corrected chi connectivity index (χ2v) is 7.02. The molecule has 0 aromatic rings. The molecule has 1 heterocycles. The molecule has 0 radical (unpaired) electrons. The number of carbonyl (C=O) groups is 2. The van der Waals surface area contributed by atoms with Gasteiger partial charge in [0, 0.05) is 5.57 Å². The molecule has 1 atom stereocenters. The molecule has 1 unspecified atom stereocenters. The van der Waals surface area contributed by atoms with Crippen LogP contribution in [0.3, 0.4) is 0 Å². The SMILES string of the molecule is C1CCNC1.CC1(C(=O)O)C=CC=C(C(=O)O)C1.CO[I+2]([O-])[O-]. The van der Waals surface area contributed by atoms with Crippen LogP contribution in [0.15, 0.2) is 23.8 Å². The van der Waals surface area contributed by atoms with Crippen molar-refractivity contribution in [3.63, 3.8) is 0 Å². The number of carboxylic acid groups (broad SMARTS) is 2. The molecule has 1 saturated heterocycles. The summed E-state index contributed by atoms with van der Waals surface area (Å²) in [5, 5.41) is 20.7. The highest BCUT2D eigenvalue weighted by molar-refractivity contribution is 5.90. The summed E-state index contributed by atoms with van der Waals surface area (Å²) in [6, 6.07) is 0. The Morgan fingerprint density at radius 2 is 1.83 bits per heavy atom. The Morgan fingerprint density at radius 3 is 2.13 bits per heavy atom. The summed E-state index contributed by atoms with van der Waals surface area (Å²) < 4.78 is 22.3. The Morgan fingerprint density at radius 1 is 1.30 bits per heavy atom. The van der Waals surface area contributed by atoms with E-state index in [4.69, 9.17) is 10.2 Å². The highest BCUT2D eigenvalue weighted by Gasteiger charge is 2.34. The molecule has 9 heteroatoms. The van der Waals surface area contributed by atoms with Crippen molar-refractivity contribution < 1.29 is 50.8 Å². The van der Waals surface area contributed by atoms with Gasteiger partial charge in [-0.25, -0.2) is 4.79 Å². The first-order valence-corrected chi connectivity index (χ1v) is 9.53. The van der Waals surface area contributed by atoms with Crippen molar-refractivity contribution >= 4 is 11.9 Å². The fourth-order valence-corrected chi connectivity index (χ4v) is 1.81. The zero-order valence-corrected chi connectivity index (χ0v) is 15.2. The summed E-state index contributed by atoms with van der Waals surface area (Å²) in [6.45, 7) is 4.00. The quantitative estimate of drug-likeness (QED) is 0.377. The first kappa shape index (κ1) is 22.0. The van der Waals surface area contributed by atoms with E-state index in [1.54, 1.807) is 0 Å². The van der Waals surface area contributed by atoms with Crippen molar-refractivity contribution in [1.29, 1.82) is 0 Å². The van der Waals surface area contributed by atoms with E-state index in [2.05, 4.69) is 8.38 Å². The van der Waals surface area contributed by atoms with Crippen LogP contribution in [0.2, 0.25) is 0 Å². The van der Waals surface area contributed by atoms with Crippen LogP contribution in [0.4, 0.5) is 0 Å². The lowest BCUT2D eigenvalue weighted by atomic mass is 9.80. The largest absolute Gasteiger partial charge is 0.506 e. The zero-order chi connectivity index (χ0) is 17.9. The lowest BCUT2D eigenvalue weighted by Gasteiger charge is -2.23. The molecule has 2 rings (SSSR count). The van der Waals surface area contributed by atoms with Crippen LogP contribution in [0.25, 0.3) is 0 Å². The van der Waals surface area contributed by atoms with Gasteiger partial charge in [-0.3, -0.25) is 4.79 Å². The van der Waals surface area contributed by atoms with E-state index in [1.165, 1.54) is 51.1 Å². The van der Waals surface area contributed by atoms with Crippen molar-refractivity contribution in [3.8, 4) is 0 Å². The van der Waals surface area contributed by atoms with E-state index < -0.39 is 38.4 Å². The molecule has 1 fully saturated rings. The fraction of sp³-hybridized carbons (Fsp3) is 0.571. The molecule has 0 bridgehead atoms. The molecule has 2 aliphatic rings. The molecule has 0 amide bonds. The highest BCUT2D eigenvalue weighted by atomic mass is 127. The lowest BCUT2D eigenvalue weighted by Crippen LogP contribution is -3.98. The van der Waals surface area contributed by atoms with Crippen LogP contribution in [0, 0.1) is 5.41 Å². The standard InChI is InChI=1S/C9H10O4.C4H9N.CH3IO3/c1-9(8(12)13)4-2-3-6(5-9)7(10)11;1-2-4-5-3-1;1-5-2(3)4/h2-4H,5H2,1H3,(H,10,11)(H,12,13);5H,1-4H2;1H3. The number of aliphatic carboxylic acids is 2. The van der Waals surface area contributed by atoms with Crippen molar-refractivity contribution in [3.05, 3.63) is 23.8 Å². The van der Waals surface area contributed by atoms with Gasteiger partial charge in [-0.2, -0.15) is 0 Å². The fourth-order valence-electron chi connectivity index (χ4n) is 1.81. The van der Waals surface area contributed by atoms with E-state index in [0.717, 1.165) is 7.11 Å². The second-order valence-electron chi connectivity index (χ2n) is 5.06. The summed E-state index contributed by atoms with van der Waals surface area (Å²) in [7, 11) is 1.14. The predicted molar refractivity (Wildman–Crippen MR) is 74.3 cm³/mol. The van der Waals surface area contributed by atoms with Crippen molar-refractivity contribution in [2.45, 2.75) is 26.2 Å². The van der Waals surface area contributed by atoms with E-state index >= 15 is 0 Å². The van der Waals surface area contributed by atoms with Gasteiger partial charge < -0.3 is 22.4 Å². The molecular weight excluding hydrogens is 421 g/mol. The van der Waals surface area contributed by atoms with E-state index in [0.29, 0.717) is 0 Å². The van der Waals surface area contributed by atoms with Gasteiger partial charge in [-0.1, -0.05) is 18.2 Å². The summed E-state index contributed by atoms with van der Waals surface area (Å²) >= 11 is -3.28. The van der Waals surface area contributed by atoms with Gasteiger partial charge in [0.25, 0.3) is 0 Å². The first-order chi connectivity index (χ1) is 10.7. The minimum Gasteiger partial charge on any atom is -0.481 e. The molecule has 0 aromatic carbocycles. The molecule has 8 nitrogen and oxygen atoms in total. The Balaban J connectivity index is 0.000000396. The van der Waals surface area contributed by atoms with E-state index in [9.17, 15) is 16.5 Å². The molecular formula is C14H22INO7. The third-order valence-electron chi connectivity index (χ3n) is 3.17. The molecule has 1 aliphatic carbocycles. The van der Waals surface area contributed by atoms with Gasteiger partial charge in [0.15, 0.2) is 0 Å². The summed E-state index contributed by atoms with van der Waals surface area (Å²) in [4.78, 5) is 21.3. The molecule has 0 aromatic heterocycles. The van der Waals surface area contributed by atoms with Crippen LogP contribution >= 0.6 is 0 Å². The summed E-state index contributed by atoms with van der Waals surface area (Å²) in [5.74, 6) is -2.06. The van der Waals surface area contributed by atoms with E-state index in [1.807, 2.05) is 0 Å². The Bertz CT molecular complexity index is 439. The topological polar surface area (TPSA) is 142 Å². The Kier molecular flexibility index (Phi) is 11.0. The maximum absolute atomic E-state index is 10.8. The maximum Gasteiger partial charge on any atom is 0.506 e. The molecule has 3 N–H and O–H groups in total. The monoisotopic (exact) mass is 443 g/mol. The smallest absolute Gasteiger partial charge is 0.481 e. The molecule has 1 aliphatic heterocycles. The molecule has 23 heavy (non-hydrogen) atoms. The van der Waals surface area contributed by atoms with Crippen molar-refractivity contribution in [2.24, 2.45) is 5.41 Å². The lowest BCUT2D eigenvalue weighted by molar-refractivity contribution is -1.63. The number of hydrogen-bond acceptors (Lipinski definition) is 6. The number of halogens is 1. The van der Waals surface area contributed by atoms with Crippen LogP contribution in [0.1, 0.15) is 26.2 Å². The minimum atomic E-state index is -3.28. The van der Waals surface area contributed by atoms with Gasteiger partial charge in [-0.15, -0.1) is 0 Å². The molecule has 0 spiro atoms. The van der Waals surface area contributed by atoms with Crippen molar-refractivity contribution in [1.82, 2.24) is 5.32 Å². The number of hydrogen-bond donors (Lipinski definition) is 3. The van der Waals surface area contributed by atoms with E-state index in [-0.39, 0.29) is 12.0 Å². The zero-order valence-electron chi connectivity index (χ0n) is 13.1. The Hall–Kier alpha value is -1.01. The number of nitrogens with one attached hydrogen (secondary N) is 1. The minimum absolute atomic E-state index is 0.0359. The average molecular weight is 443 g/mol. The number of carboxylic acids is 2. The molecule has 132 valence electrons. The van der Waals surface area contributed by atoms with Crippen LogP contribution in [-0.2, 0) is 12.7 Å². The normalized spacial score (nSPS) is 22.4. The van der Waals surface area contributed by atoms with Crippen LogP contribution in [-0.4, -0.2) is 42.4 Å². The number of rotatable bonds is 3. The van der Waals surface area contributed by atoms with Crippen LogP contribution in [0.5, 0.6) is 0 Å². The van der Waals surface area contributed by atoms with Crippen molar-refractivity contribution in [2.75, 3.05) is 20.2 Å². The summed E-state index contributed by atoms with van der Waals surface area (Å²) in [6.07, 6.45) is 7.21. The maximum atomic E-state index is 10.8. The average Bonchev–Trinajstić information content (AvgIpc) is 3.07. The first-order valence-electron chi connectivity index (χ1n) is 6.88. The second kappa shape index (κ2) is 11.5. The summed E-state index contributed by atoms with van der Waals surface area (Å²) in [5.41, 5.74) is -0.949. The van der Waals surface area contributed by atoms with Gasteiger partial charge in [-0.05, 0) is 42.3 Å². The number of allylic oxidation sites excluding steroid dienone is 2. The van der Waals surface area contributed by atoms with Gasteiger partial charge in [0.1, 0.15) is 7.11 Å². The van der Waals surface area contributed by atoms with Crippen LogP contribution < -0.4 is 33.3 Å².